The topological polar surface area (TPSA) is 38.3 Å². The summed E-state index contributed by atoms with van der Waals surface area (Å²) in [5.41, 5.74) is 1.24. The van der Waals surface area contributed by atoms with Crippen molar-refractivity contribution in [3.63, 3.8) is 0 Å². The fraction of sp³-hybridized carbons (Fsp3) is 0.316. The predicted octanol–water partition coefficient (Wildman–Crippen LogP) is 4.10. The summed E-state index contributed by atoms with van der Waals surface area (Å²) in [4.78, 5) is 13.3. The molecular weight excluding hydrogens is 306 g/mol. The van der Waals surface area contributed by atoms with Crippen LogP contribution in [0, 0.1) is 0 Å². The molecule has 0 saturated carbocycles. The molecule has 0 saturated heterocycles. The summed E-state index contributed by atoms with van der Waals surface area (Å²) in [6.07, 6.45) is 0. The largest absolute Gasteiger partial charge is 0.497 e. The van der Waals surface area contributed by atoms with Crippen molar-refractivity contribution in [2.45, 2.75) is 29.9 Å². The van der Waals surface area contributed by atoms with Gasteiger partial charge in [-0.3, -0.25) is 4.79 Å². The highest BCUT2D eigenvalue weighted by molar-refractivity contribution is 8.00. The van der Waals surface area contributed by atoms with Crippen molar-refractivity contribution in [2.75, 3.05) is 13.7 Å². The van der Waals surface area contributed by atoms with Crippen molar-refractivity contribution in [2.24, 2.45) is 0 Å². The minimum Gasteiger partial charge on any atom is -0.497 e. The molecule has 23 heavy (non-hydrogen) atoms. The van der Waals surface area contributed by atoms with Crippen LogP contribution >= 0.6 is 11.8 Å². The first-order valence-corrected chi connectivity index (χ1v) is 8.61. The molecule has 4 heteroatoms. The number of carbonyl (C=O) groups is 1. The molecule has 0 aromatic heterocycles. The number of nitrogens with one attached hydrogen (secondary N) is 1. The molecule has 122 valence electrons. The maximum absolute atomic E-state index is 12.2. The third-order valence-corrected chi connectivity index (χ3v) is 4.80. The predicted molar refractivity (Wildman–Crippen MR) is 96.2 cm³/mol. The molecule has 0 fully saturated rings. The minimum absolute atomic E-state index is 0.0635. The van der Waals surface area contributed by atoms with Gasteiger partial charge in [-0.15, -0.1) is 11.8 Å². The molecule has 0 aliphatic heterocycles. The van der Waals surface area contributed by atoms with Crippen LogP contribution in [0.25, 0.3) is 0 Å². The summed E-state index contributed by atoms with van der Waals surface area (Å²) in [7, 11) is 1.64. The number of hydrogen-bond donors (Lipinski definition) is 1. The van der Waals surface area contributed by atoms with E-state index >= 15 is 0 Å². The molecule has 0 aliphatic rings. The fourth-order valence-electron chi connectivity index (χ4n) is 2.21. The van der Waals surface area contributed by atoms with E-state index in [1.807, 2.05) is 49.4 Å². The van der Waals surface area contributed by atoms with Crippen LogP contribution in [0.5, 0.6) is 5.75 Å². The Labute approximate surface area is 142 Å². The number of methoxy groups -OCH3 is 1. The summed E-state index contributed by atoms with van der Waals surface area (Å²) in [6.45, 7) is 4.70. The zero-order valence-corrected chi connectivity index (χ0v) is 14.6. The first-order valence-electron chi connectivity index (χ1n) is 7.73. The van der Waals surface area contributed by atoms with Crippen LogP contribution in [-0.2, 0) is 4.79 Å². The Morgan fingerprint density at radius 3 is 2.35 bits per heavy atom. The van der Waals surface area contributed by atoms with Gasteiger partial charge in [0, 0.05) is 11.4 Å². The van der Waals surface area contributed by atoms with Crippen molar-refractivity contribution >= 4 is 17.7 Å². The van der Waals surface area contributed by atoms with E-state index in [1.165, 1.54) is 5.56 Å². The number of thioether (sulfide) groups is 1. The van der Waals surface area contributed by atoms with Crippen LogP contribution in [0.15, 0.2) is 59.5 Å². The van der Waals surface area contributed by atoms with Gasteiger partial charge in [-0.2, -0.15) is 0 Å². The fourth-order valence-corrected chi connectivity index (χ4v) is 3.10. The van der Waals surface area contributed by atoms with Crippen LogP contribution < -0.4 is 10.1 Å². The number of hydrogen-bond acceptors (Lipinski definition) is 3. The molecule has 2 aromatic carbocycles. The first-order chi connectivity index (χ1) is 11.1. The van der Waals surface area contributed by atoms with Crippen LogP contribution in [0.2, 0.25) is 0 Å². The molecule has 0 unspecified atom stereocenters. The standard InChI is InChI=1S/C19H23NO2S/c1-14(16-7-5-4-6-8-16)13-20-19(21)15(2)23-18-11-9-17(22-3)10-12-18/h4-12,14-15H,13H2,1-3H3,(H,20,21)/t14-,15-/m0/s1. The van der Waals surface area contributed by atoms with Gasteiger partial charge in [-0.25, -0.2) is 0 Å². The van der Waals surface area contributed by atoms with Gasteiger partial charge in [0.25, 0.3) is 0 Å². The van der Waals surface area contributed by atoms with Gasteiger partial charge in [0.1, 0.15) is 5.75 Å². The highest BCUT2D eigenvalue weighted by atomic mass is 32.2. The molecule has 3 nitrogen and oxygen atoms in total. The van der Waals surface area contributed by atoms with Crippen molar-refractivity contribution in [3.8, 4) is 5.75 Å². The number of carbonyl (C=O) groups excluding carboxylic acids is 1. The van der Waals surface area contributed by atoms with Gasteiger partial charge >= 0.3 is 0 Å². The molecule has 2 rings (SSSR count). The smallest absolute Gasteiger partial charge is 0.233 e. The average Bonchev–Trinajstić information content (AvgIpc) is 2.60. The number of ether oxygens (including phenoxy) is 1. The molecule has 0 heterocycles. The van der Waals surface area contributed by atoms with Gasteiger partial charge in [0.2, 0.25) is 5.91 Å². The second-order valence-corrected chi connectivity index (χ2v) is 6.91. The molecule has 0 aliphatic carbocycles. The molecule has 0 spiro atoms. The zero-order chi connectivity index (χ0) is 16.7. The van der Waals surface area contributed by atoms with E-state index in [1.54, 1.807) is 18.9 Å². The summed E-state index contributed by atoms with van der Waals surface area (Å²) in [6, 6.07) is 18.0. The van der Waals surface area contributed by atoms with Crippen LogP contribution in [0.4, 0.5) is 0 Å². The Kier molecular flexibility index (Phi) is 6.53. The normalized spacial score (nSPS) is 13.2. The van der Waals surface area contributed by atoms with E-state index in [9.17, 15) is 4.79 Å². The Bertz CT molecular complexity index is 613. The number of rotatable bonds is 7. The summed E-state index contributed by atoms with van der Waals surface area (Å²) < 4.78 is 5.14. The molecule has 2 atom stereocenters. The Hall–Kier alpha value is -1.94. The van der Waals surface area contributed by atoms with Crippen molar-refractivity contribution < 1.29 is 9.53 Å². The van der Waals surface area contributed by atoms with Crippen molar-refractivity contribution in [3.05, 3.63) is 60.2 Å². The lowest BCUT2D eigenvalue weighted by atomic mass is 10.0. The molecule has 0 bridgehead atoms. The maximum atomic E-state index is 12.2. The van der Waals surface area contributed by atoms with Crippen LogP contribution in [0.3, 0.4) is 0 Å². The van der Waals surface area contributed by atoms with E-state index in [-0.39, 0.29) is 11.2 Å². The molecule has 2 aromatic rings. The van der Waals surface area contributed by atoms with Gasteiger partial charge in [0.15, 0.2) is 0 Å². The van der Waals surface area contributed by atoms with Gasteiger partial charge in [-0.1, -0.05) is 37.3 Å². The highest BCUT2D eigenvalue weighted by Crippen LogP contribution is 2.25. The van der Waals surface area contributed by atoms with Gasteiger partial charge < -0.3 is 10.1 Å². The maximum Gasteiger partial charge on any atom is 0.233 e. The third kappa shape index (κ3) is 5.32. The molecule has 1 N–H and O–H groups in total. The van der Waals surface area contributed by atoms with Crippen molar-refractivity contribution in [1.82, 2.24) is 5.32 Å². The Balaban J connectivity index is 1.82. The van der Waals surface area contributed by atoms with E-state index in [2.05, 4.69) is 24.4 Å². The lowest BCUT2D eigenvalue weighted by molar-refractivity contribution is -0.120. The minimum atomic E-state index is -0.133. The number of amides is 1. The molecule has 1 amide bonds. The van der Waals surface area contributed by atoms with E-state index in [0.717, 1.165) is 10.6 Å². The lowest BCUT2D eigenvalue weighted by Gasteiger charge is -2.16. The van der Waals surface area contributed by atoms with Gasteiger partial charge in [-0.05, 0) is 42.7 Å². The van der Waals surface area contributed by atoms with Crippen LogP contribution in [0.1, 0.15) is 25.3 Å². The second-order valence-electron chi connectivity index (χ2n) is 5.49. The van der Waals surface area contributed by atoms with Crippen molar-refractivity contribution in [1.29, 1.82) is 0 Å². The number of benzene rings is 2. The first kappa shape index (κ1) is 17.4. The summed E-state index contributed by atoms with van der Waals surface area (Å²) in [5, 5.41) is 2.91. The average molecular weight is 329 g/mol. The van der Waals surface area contributed by atoms with Crippen LogP contribution in [-0.4, -0.2) is 24.8 Å². The molecule has 0 radical (unpaired) electrons. The van der Waals surface area contributed by atoms with E-state index in [0.29, 0.717) is 12.5 Å². The monoisotopic (exact) mass is 329 g/mol. The Morgan fingerprint density at radius 2 is 1.74 bits per heavy atom. The summed E-state index contributed by atoms with van der Waals surface area (Å²) >= 11 is 1.55. The van der Waals surface area contributed by atoms with Gasteiger partial charge in [0.05, 0.1) is 12.4 Å². The van der Waals surface area contributed by atoms with E-state index in [4.69, 9.17) is 4.74 Å². The van der Waals surface area contributed by atoms with E-state index < -0.39 is 0 Å². The molecular formula is C19H23NO2S. The quantitative estimate of drug-likeness (QED) is 0.777. The summed E-state index contributed by atoms with van der Waals surface area (Å²) in [5.74, 6) is 1.19. The lowest BCUT2D eigenvalue weighted by Crippen LogP contribution is -2.33. The SMILES string of the molecule is COc1ccc(S[C@@H](C)C(=O)NC[C@H](C)c2ccccc2)cc1. The zero-order valence-electron chi connectivity index (χ0n) is 13.8. The Morgan fingerprint density at radius 1 is 1.09 bits per heavy atom. The third-order valence-electron chi connectivity index (χ3n) is 3.69. The highest BCUT2D eigenvalue weighted by Gasteiger charge is 2.15. The second kappa shape index (κ2) is 8.63.